The maximum Gasteiger partial charge on any atom is 0.0967 e. The average molecular weight is 180 g/mol. The van der Waals surface area contributed by atoms with E-state index in [-0.39, 0.29) is 5.34 Å². The second kappa shape index (κ2) is 5.82. The van der Waals surface area contributed by atoms with E-state index >= 15 is 0 Å². The molecule has 0 unspecified atom stereocenters. The summed E-state index contributed by atoms with van der Waals surface area (Å²) in [6.07, 6.45) is 0. The van der Waals surface area contributed by atoms with E-state index in [0.717, 1.165) is 0 Å². The fraction of sp³-hybridized carbons (Fsp3) is 1.00. The second-order valence-corrected chi connectivity index (χ2v) is 2.25. The van der Waals surface area contributed by atoms with Crippen LogP contribution < -0.4 is 14.7 Å². The van der Waals surface area contributed by atoms with E-state index in [1.807, 2.05) is 0 Å². The zero-order valence-electron chi connectivity index (χ0n) is 3.54. The molecule has 0 radical (unpaired) electrons. The Morgan fingerprint density at radius 1 is 1.25 bits per heavy atom. The summed E-state index contributed by atoms with van der Waals surface area (Å²) in [5.74, 6) is 0. The molecule has 0 aromatic heterocycles. The van der Waals surface area contributed by atoms with Gasteiger partial charge in [-0.3, -0.25) is 0 Å². The fourth-order valence-corrected chi connectivity index (χ4v) is 0. The Morgan fingerprint density at radius 3 is 1.25 bits per heavy atom. The van der Waals surface area contributed by atoms with Gasteiger partial charge in [0.15, 0.2) is 0 Å². The topological polar surface area (TPSA) is 86.2 Å². The Hall–Kier alpha value is 0.690. The van der Waals surface area contributed by atoms with Crippen LogP contribution in [-0.2, 0) is 4.57 Å². The summed E-state index contributed by atoms with van der Waals surface area (Å²) < 4.78 is 8.55. The van der Waals surface area contributed by atoms with E-state index in [1.165, 1.54) is 0 Å². The van der Waals surface area contributed by atoms with Gasteiger partial charge in [-0.15, -0.1) is 23.2 Å². The molecule has 8 heavy (non-hydrogen) atoms. The van der Waals surface area contributed by atoms with Gasteiger partial charge in [-0.1, -0.05) is 0 Å². The van der Waals surface area contributed by atoms with Crippen LogP contribution in [0.15, 0.2) is 0 Å². The summed E-state index contributed by atoms with van der Waals surface area (Å²) >= 11 is 9.53. The van der Waals surface area contributed by atoms with Gasteiger partial charge in [0.05, 0.1) is 5.34 Å². The molecule has 0 N–H and O–H groups in total. The van der Waals surface area contributed by atoms with Crippen molar-refractivity contribution in [1.29, 1.82) is 0 Å². The van der Waals surface area contributed by atoms with E-state index < -0.39 is 7.82 Å². The summed E-state index contributed by atoms with van der Waals surface area (Å²) in [5, 5.41) is 0.194. The molecule has 0 aliphatic carbocycles. The van der Waals surface area contributed by atoms with Gasteiger partial charge in [-0.05, 0) is 0 Å². The molecule has 0 amide bonds. The molecule has 0 aliphatic rings. The van der Waals surface area contributed by atoms with Crippen LogP contribution in [-0.4, -0.2) is 5.34 Å². The van der Waals surface area contributed by atoms with Crippen LogP contribution in [0.25, 0.3) is 0 Å². The van der Waals surface area contributed by atoms with Crippen molar-refractivity contribution in [3.05, 3.63) is 0 Å². The molecule has 0 aromatic rings. The third-order valence-corrected chi connectivity index (χ3v) is 0. The van der Waals surface area contributed by atoms with Crippen molar-refractivity contribution in [2.24, 2.45) is 0 Å². The van der Waals surface area contributed by atoms with Gasteiger partial charge >= 0.3 is 0 Å². The lowest BCUT2D eigenvalue weighted by molar-refractivity contribution is -0.432. The zero-order valence-corrected chi connectivity index (χ0v) is 5.95. The number of hydrogen-bond donors (Lipinski definition) is 0. The maximum atomic E-state index is 8.55. The molecule has 0 fully saturated rings. The summed E-state index contributed by atoms with van der Waals surface area (Å²) in [5.41, 5.74) is 0. The van der Waals surface area contributed by atoms with Gasteiger partial charge < -0.3 is 19.2 Å². The van der Waals surface area contributed by atoms with Crippen molar-refractivity contribution in [1.82, 2.24) is 0 Å². The Balaban J connectivity index is 0. The highest BCUT2D eigenvalue weighted by atomic mass is 35.5. The van der Waals surface area contributed by atoms with Crippen molar-refractivity contribution in [3.8, 4) is 0 Å². The van der Waals surface area contributed by atoms with Crippen LogP contribution in [0.3, 0.4) is 0 Å². The first kappa shape index (κ1) is 11.5. The first-order chi connectivity index (χ1) is 3.41. The van der Waals surface area contributed by atoms with Gasteiger partial charge in [-0.25, -0.2) is 0 Å². The Bertz CT molecular complexity index is 69.8. The van der Waals surface area contributed by atoms with Crippen molar-refractivity contribution in [2.75, 3.05) is 5.34 Å². The van der Waals surface area contributed by atoms with Crippen LogP contribution in [0.4, 0.5) is 0 Å². The van der Waals surface area contributed by atoms with Gasteiger partial charge in [0.1, 0.15) is 0 Å². The quantitative estimate of drug-likeness (QED) is 0.338. The molecule has 0 aromatic carbocycles. The summed E-state index contributed by atoms with van der Waals surface area (Å²) in [7, 11) is -5.39. The molecule has 4 nitrogen and oxygen atoms in total. The molecule has 0 atom stereocenters. The molecule has 0 saturated heterocycles. The average Bonchev–Trinajstić information content (AvgIpc) is 1.27. The largest absolute Gasteiger partial charge is 0.822 e. The lowest BCUT2D eigenvalue weighted by Gasteiger charge is -2.36. The maximum absolute atomic E-state index is 8.55. The number of hydrogen-bond acceptors (Lipinski definition) is 4. The van der Waals surface area contributed by atoms with Crippen molar-refractivity contribution in [3.63, 3.8) is 0 Å². The highest BCUT2D eigenvalue weighted by Gasteiger charge is 1.44. The van der Waals surface area contributed by atoms with Gasteiger partial charge in [-0.2, -0.15) is 7.82 Å². The number of phosphoric acid groups is 1. The SMILES string of the molecule is ClCCl.O=P([O-])([O-])[O-]. The monoisotopic (exact) mass is 179 g/mol. The van der Waals surface area contributed by atoms with Gasteiger partial charge in [0, 0.05) is 0 Å². The molecular weight excluding hydrogens is 178 g/mol. The van der Waals surface area contributed by atoms with Gasteiger partial charge in [0.2, 0.25) is 0 Å². The third kappa shape index (κ3) is 455. The molecule has 52 valence electrons. The molecule has 7 heteroatoms. The highest BCUT2D eigenvalue weighted by molar-refractivity contribution is 7.40. The summed E-state index contributed by atoms with van der Waals surface area (Å²) in [6.45, 7) is 0. The second-order valence-electron chi connectivity index (χ2n) is 0.548. The lowest BCUT2D eigenvalue weighted by atomic mass is 11.9. The first-order valence-corrected chi connectivity index (χ1v) is 3.79. The third-order valence-electron chi connectivity index (χ3n) is 0. The smallest absolute Gasteiger partial charge is 0.0967 e. The molecule has 0 heterocycles. The van der Waals surface area contributed by atoms with Crippen molar-refractivity contribution >= 4 is 31.0 Å². The molecule has 0 saturated carbocycles. The minimum Gasteiger partial charge on any atom is -0.822 e. The number of rotatable bonds is 0. The predicted molar refractivity (Wildman–Crippen MR) is 24.2 cm³/mol. The van der Waals surface area contributed by atoms with Crippen LogP contribution >= 0.6 is 31.0 Å². The normalized spacial score (nSPS) is 9.62. The molecule has 0 spiro atoms. The Kier molecular flexibility index (Phi) is 8.35. The molecule has 0 bridgehead atoms. The highest BCUT2D eigenvalue weighted by Crippen LogP contribution is 2.03. The first-order valence-electron chi connectivity index (χ1n) is 1.26. The van der Waals surface area contributed by atoms with Crippen molar-refractivity contribution < 1.29 is 19.2 Å². The van der Waals surface area contributed by atoms with E-state index in [1.54, 1.807) is 0 Å². The van der Waals surface area contributed by atoms with E-state index in [4.69, 9.17) is 42.4 Å². The Morgan fingerprint density at radius 2 is 1.25 bits per heavy atom. The number of alkyl halides is 2. The van der Waals surface area contributed by atoms with Gasteiger partial charge in [0.25, 0.3) is 0 Å². The minimum absolute atomic E-state index is 0.194. The molecule has 0 aliphatic heterocycles. The fourth-order valence-electron chi connectivity index (χ4n) is 0. The minimum atomic E-state index is -5.39. The van der Waals surface area contributed by atoms with Crippen LogP contribution in [0.5, 0.6) is 0 Å². The number of halogens is 2. The summed E-state index contributed by atoms with van der Waals surface area (Å²) in [6, 6.07) is 0. The van der Waals surface area contributed by atoms with Crippen molar-refractivity contribution in [2.45, 2.75) is 0 Å². The van der Waals surface area contributed by atoms with E-state index in [9.17, 15) is 0 Å². The molecular formula is CH2Cl2O4P-3. The lowest BCUT2D eigenvalue weighted by Crippen LogP contribution is -2.24. The van der Waals surface area contributed by atoms with Crippen LogP contribution in [0.2, 0.25) is 0 Å². The standard InChI is InChI=1S/CH2Cl2.H3O4P/c2-1-3;1-5(2,3)4/h1H2;(H3,1,2,3,4)/p-3. The summed E-state index contributed by atoms with van der Waals surface area (Å²) in [4.78, 5) is 25.6. The van der Waals surface area contributed by atoms with E-state index in [2.05, 4.69) is 0 Å². The zero-order chi connectivity index (χ0) is 7.21. The van der Waals surface area contributed by atoms with E-state index in [0.29, 0.717) is 0 Å². The molecule has 0 rings (SSSR count). The predicted octanol–water partition coefficient (Wildman–Crippen LogP) is -1.40. The Labute approximate surface area is 56.3 Å². The van der Waals surface area contributed by atoms with Crippen LogP contribution in [0, 0.1) is 0 Å². The van der Waals surface area contributed by atoms with Crippen LogP contribution in [0.1, 0.15) is 0 Å².